The number of nitrogens with one attached hydrogen (secondary N) is 1. The van der Waals surface area contributed by atoms with Crippen LogP contribution in [-0.4, -0.2) is 11.7 Å². The lowest BCUT2D eigenvalue weighted by molar-refractivity contribution is -0.684. The molecule has 1 aromatic carbocycles. The van der Waals surface area contributed by atoms with Crippen LogP contribution in [0.15, 0.2) is 42.7 Å². The fourth-order valence-corrected chi connectivity index (χ4v) is 2.07. The number of nitriles is 1. The van der Waals surface area contributed by atoms with E-state index in [9.17, 15) is 9.59 Å². The summed E-state index contributed by atoms with van der Waals surface area (Å²) in [6.07, 6.45) is 3.29. The van der Waals surface area contributed by atoms with E-state index in [2.05, 4.69) is 5.32 Å². The van der Waals surface area contributed by atoms with E-state index in [4.69, 9.17) is 16.9 Å². The number of hydrogen-bond donors (Lipinski definition) is 1. The molecule has 5 nitrogen and oxygen atoms in total. The second-order valence-electron chi connectivity index (χ2n) is 4.67. The van der Waals surface area contributed by atoms with E-state index in [1.165, 1.54) is 13.0 Å². The fraction of sp³-hybridized carbons (Fsp3) is 0.125. The summed E-state index contributed by atoms with van der Waals surface area (Å²) in [6, 6.07) is 10.0. The molecule has 0 radical (unpaired) electrons. The lowest BCUT2D eigenvalue weighted by atomic mass is 10.2. The van der Waals surface area contributed by atoms with Gasteiger partial charge in [0.05, 0.1) is 16.8 Å². The number of Topliss-reactive ketones (excluding diaryl/α,β-unsaturated/α-hetero) is 1. The van der Waals surface area contributed by atoms with Crippen LogP contribution < -0.4 is 9.88 Å². The number of hydrogen-bond acceptors (Lipinski definition) is 3. The van der Waals surface area contributed by atoms with Crippen molar-refractivity contribution in [3.05, 3.63) is 58.9 Å². The van der Waals surface area contributed by atoms with Crippen LogP contribution in [0.5, 0.6) is 0 Å². The van der Waals surface area contributed by atoms with Gasteiger partial charge in [-0.1, -0.05) is 11.6 Å². The average molecular weight is 315 g/mol. The SMILES string of the molecule is CC(=O)c1ccc[n+](CC(=O)Nc2cc(Cl)ccc2C#N)c1. The van der Waals surface area contributed by atoms with Crippen LogP contribution in [0.25, 0.3) is 0 Å². The van der Waals surface area contributed by atoms with Crippen LogP contribution >= 0.6 is 11.6 Å². The molecule has 1 amide bonds. The van der Waals surface area contributed by atoms with Gasteiger partial charge in [0.25, 0.3) is 5.91 Å². The third-order valence-corrected chi connectivity index (χ3v) is 3.20. The maximum Gasteiger partial charge on any atom is 0.290 e. The van der Waals surface area contributed by atoms with E-state index >= 15 is 0 Å². The molecule has 0 saturated carbocycles. The summed E-state index contributed by atoms with van der Waals surface area (Å²) in [7, 11) is 0. The molecule has 1 N–H and O–H groups in total. The van der Waals surface area contributed by atoms with Crippen molar-refractivity contribution in [3.8, 4) is 6.07 Å². The Balaban J connectivity index is 2.14. The standard InChI is InChI=1S/C16H12ClN3O2/c1-11(21)13-3-2-6-20(9-13)10-16(22)19-15-7-14(17)5-4-12(15)8-18/h2-7,9H,10H2,1H3/p+1. The topological polar surface area (TPSA) is 73.8 Å². The van der Waals surface area contributed by atoms with Crippen molar-refractivity contribution in [2.24, 2.45) is 0 Å². The van der Waals surface area contributed by atoms with Crippen LogP contribution in [-0.2, 0) is 11.3 Å². The summed E-state index contributed by atoms with van der Waals surface area (Å²) < 4.78 is 1.60. The highest BCUT2D eigenvalue weighted by molar-refractivity contribution is 6.31. The Morgan fingerprint density at radius 2 is 2.14 bits per heavy atom. The van der Waals surface area contributed by atoms with Crippen molar-refractivity contribution in [2.45, 2.75) is 13.5 Å². The Kier molecular flexibility index (Phi) is 4.87. The van der Waals surface area contributed by atoms with Crippen LogP contribution in [0.2, 0.25) is 5.02 Å². The van der Waals surface area contributed by atoms with Gasteiger partial charge in [0.2, 0.25) is 6.54 Å². The highest BCUT2D eigenvalue weighted by Gasteiger charge is 2.13. The molecule has 0 saturated heterocycles. The van der Waals surface area contributed by atoms with Gasteiger partial charge in [-0.05, 0) is 31.2 Å². The van der Waals surface area contributed by atoms with Gasteiger partial charge < -0.3 is 5.32 Å². The van der Waals surface area contributed by atoms with E-state index in [0.717, 1.165) is 0 Å². The first-order chi connectivity index (χ1) is 10.5. The second kappa shape index (κ2) is 6.83. The molecule has 0 fully saturated rings. The van der Waals surface area contributed by atoms with Crippen LogP contribution in [0.3, 0.4) is 0 Å². The predicted molar refractivity (Wildman–Crippen MR) is 81.4 cm³/mol. The highest BCUT2D eigenvalue weighted by atomic mass is 35.5. The second-order valence-corrected chi connectivity index (χ2v) is 5.11. The summed E-state index contributed by atoms with van der Waals surface area (Å²) in [6.45, 7) is 1.49. The first-order valence-electron chi connectivity index (χ1n) is 6.49. The average Bonchev–Trinajstić information content (AvgIpc) is 2.47. The first-order valence-corrected chi connectivity index (χ1v) is 6.87. The lowest BCUT2D eigenvalue weighted by Crippen LogP contribution is -2.40. The summed E-state index contributed by atoms with van der Waals surface area (Å²) in [4.78, 5) is 23.4. The van der Waals surface area contributed by atoms with E-state index in [0.29, 0.717) is 21.8 Å². The van der Waals surface area contributed by atoms with Crippen molar-refractivity contribution in [1.29, 1.82) is 5.26 Å². The number of pyridine rings is 1. The third kappa shape index (κ3) is 3.90. The maximum atomic E-state index is 12.1. The van der Waals surface area contributed by atoms with E-state index < -0.39 is 0 Å². The normalized spacial score (nSPS) is 9.86. The van der Waals surface area contributed by atoms with Crippen LogP contribution in [0, 0.1) is 11.3 Å². The fourth-order valence-electron chi connectivity index (χ4n) is 1.90. The van der Waals surface area contributed by atoms with Gasteiger partial charge in [0.15, 0.2) is 18.2 Å². The summed E-state index contributed by atoms with van der Waals surface area (Å²) in [5.41, 5.74) is 1.22. The number of carbonyl (C=O) groups is 2. The molecule has 0 spiro atoms. The van der Waals surface area contributed by atoms with Crippen molar-refractivity contribution in [3.63, 3.8) is 0 Å². The molecule has 0 unspecified atom stereocenters. The molecule has 0 aliphatic rings. The Morgan fingerprint density at radius 3 is 2.82 bits per heavy atom. The molecule has 1 heterocycles. The van der Waals surface area contributed by atoms with Crippen molar-refractivity contribution in [1.82, 2.24) is 0 Å². The molecular weight excluding hydrogens is 302 g/mol. The largest absolute Gasteiger partial charge is 0.319 e. The van der Waals surface area contributed by atoms with Crippen molar-refractivity contribution >= 4 is 29.0 Å². The molecule has 0 atom stereocenters. The predicted octanol–water partition coefficient (Wildman–Crippen LogP) is 2.34. The molecule has 2 rings (SSSR count). The summed E-state index contributed by atoms with van der Waals surface area (Å²) >= 11 is 5.87. The summed E-state index contributed by atoms with van der Waals surface area (Å²) in [5, 5.41) is 12.1. The van der Waals surface area contributed by atoms with Gasteiger partial charge in [-0.2, -0.15) is 9.83 Å². The van der Waals surface area contributed by atoms with Crippen molar-refractivity contribution in [2.75, 3.05) is 5.32 Å². The molecule has 22 heavy (non-hydrogen) atoms. The summed E-state index contributed by atoms with van der Waals surface area (Å²) in [5.74, 6) is -0.388. The monoisotopic (exact) mass is 314 g/mol. The zero-order chi connectivity index (χ0) is 16.1. The molecule has 2 aromatic rings. The molecular formula is C16H13ClN3O2+. The molecule has 110 valence electrons. The Bertz CT molecular complexity index is 781. The van der Waals surface area contributed by atoms with Gasteiger partial charge in [-0.15, -0.1) is 0 Å². The zero-order valence-electron chi connectivity index (χ0n) is 11.8. The number of nitrogens with zero attached hydrogens (tertiary/aromatic N) is 2. The number of amides is 1. The Labute approximate surface area is 132 Å². The quantitative estimate of drug-likeness (QED) is 0.695. The zero-order valence-corrected chi connectivity index (χ0v) is 12.6. The molecule has 0 aliphatic carbocycles. The van der Waals surface area contributed by atoms with Crippen molar-refractivity contribution < 1.29 is 14.2 Å². The van der Waals surface area contributed by atoms with E-state index in [1.807, 2.05) is 6.07 Å². The minimum atomic E-state index is -0.315. The highest BCUT2D eigenvalue weighted by Crippen LogP contribution is 2.20. The van der Waals surface area contributed by atoms with Gasteiger partial charge in [-0.3, -0.25) is 9.59 Å². The van der Waals surface area contributed by atoms with Gasteiger partial charge in [0, 0.05) is 11.1 Å². The molecule has 0 bridgehead atoms. The first kappa shape index (κ1) is 15.7. The number of aromatic nitrogens is 1. The van der Waals surface area contributed by atoms with Crippen LogP contribution in [0.4, 0.5) is 5.69 Å². The molecule has 1 aromatic heterocycles. The van der Waals surface area contributed by atoms with Crippen LogP contribution in [0.1, 0.15) is 22.8 Å². The Morgan fingerprint density at radius 1 is 1.36 bits per heavy atom. The van der Waals surface area contributed by atoms with Gasteiger partial charge in [-0.25, -0.2) is 0 Å². The number of rotatable bonds is 4. The number of ketones is 1. The van der Waals surface area contributed by atoms with E-state index in [1.54, 1.807) is 41.2 Å². The lowest BCUT2D eigenvalue weighted by Gasteiger charge is -2.06. The van der Waals surface area contributed by atoms with E-state index in [-0.39, 0.29) is 18.2 Å². The van der Waals surface area contributed by atoms with Gasteiger partial charge in [0.1, 0.15) is 6.07 Å². The minimum Gasteiger partial charge on any atom is -0.319 e. The molecule has 6 heteroatoms. The maximum absolute atomic E-state index is 12.1. The minimum absolute atomic E-state index is 0.0263. The molecule has 0 aliphatic heterocycles. The third-order valence-electron chi connectivity index (χ3n) is 2.97. The number of benzene rings is 1. The number of halogens is 1. The smallest absolute Gasteiger partial charge is 0.290 e. The number of anilines is 1. The van der Waals surface area contributed by atoms with Gasteiger partial charge >= 0.3 is 0 Å². The Hall–Kier alpha value is -2.71. The number of carbonyl (C=O) groups excluding carboxylic acids is 2.